The van der Waals surface area contributed by atoms with Crippen molar-refractivity contribution in [2.75, 3.05) is 33.3 Å². The van der Waals surface area contributed by atoms with E-state index in [0.29, 0.717) is 19.4 Å². The van der Waals surface area contributed by atoms with Gasteiger partial charge in [0.25, 0.3) is 0 Å². The molecule has 116 valence electrons. The fraction of sp³-hybridized carbons (Fsp3) is 0.800. The molecule has 0 spiro atoms. The van der Waals surface area contributed by atoms with Crippen molar-refractivity contribution >= 4 is 5.91 Å². The highest BCUT2D eigenvalue weighted by molar-refractivity contribution is 5.77. The number of hydrogen-bond donors (Lipinski definition) is 1. The summed E-state index contributed by atoms with van der Waals surface area (Å²) in [6.07, 6.45) is 9.59. The van der Waals surface area contributed by atoms with E-state index in [9.17, 15) is 4.79 Å². The van der Waals surface area contributed by atoms with Gasteiger partial charge in [0, 0.05) is 38.9 Å². The average molecular weight is 292 g/mol. The zero-order valence-electron chi connectivity index (χ0n) is 12.7. The maximum Gasteiger partial charge on any atom is 0.246 e. The standard InChI is InChI=1S/C15H24N4O2/c1-3-4-7-15(17-18-15)8-9-16-14(20)12-21-13-5-10-19(2)11-6-13/h1,13H,4-12H2,2H3,(H,16,20). The molecule has 0 aromatic carbocycles. The van der Waals surface area contributed by atoms with E-state index < -0.39 is 0 Å². The number of ether oxygens (including phenoxy) is 1. The molecule has 0 aromatic rings. The summed E-state index contributed by atoms with van der Waals surface area (Å²) in [4.78, 5) is 14.0. The van der Waals surface area contributed by atoms with Crippen LogP contribution < -0.4 is 5.32 Å². The van der Waals surface area contributed by atoms with Crippen LogP contribution in [0, 0.1) is 12.3 Å². The zero-order chi connectivity index (χ0) is 15.1. The summed E-state index contributed by atoms with van der Waals surface area (Å²) in [5, 5.41) is 10.9. The van der Waals surface area contributed by atoms with Gasteiger partial charge in [0.1, 0.15) is 6.61 Å². The van der Waals surface area contributed by atoms with Crippen molar-refractivity contribution in [2.24, 2.45) is 10.2 Å². The Morgan fingerprint density at radius 2 is 2.14 bits per heavy atom. The van der Waals surface area contributed by atoms with Crippen LogP contribution in [-0.2, 0) is 9.53 Å². The van der Waals surface area contributed by atoms with Crippen molar-refractivity contribution in [3.05, 3.63) is 0 Å². The Hall–Kier alpha value is -1.45. The van der Waals surface area contributed by atoms with Crippen molar-refractivity contribution in [3.8, 4) is 12.3 Å². The minimum Gasteiger partial charge on any atom is -0.368 e. The molecule has 0 atom stereocenters. The Balaban J connectivity index is 1.53. The predicted octanol–water partition coefficient (Wildman–Crippen LogP) is 1.18. The number of nitrogens with one attached hydrogen (secondary N) is 1. The number of likely N-dealkylation sites (tertiary alicyclic amines) is 1. The third-order valence-electron chi connectivity index (χ3n) is 4.02. The molecule has 2 aliphatic heterocycles. The molecule has 2 rings (SSSR count). The number of carbonyl (C=O) groups excluding carboxylic acids is 1. The molecular weight excluding hydrogens is 268 g/mol. The fourth-order valence-corrected chi connectivity index (χ4v) is 2.47. The van der Waals surface area contributed by atoms with Crippen molar-refractivity contribution in [1.29, 1.82) is 0 Å². The topological polar surface area (TPSA) is 66.3 Å². The van der Waals surface area contributed by atoms with Gasteiger partial charge < -0.3 is 15.0 Å². The molecule has 0 saturated carbocycles. The lowest BCUT2D eigenvalue weighted by Gasteiger charge is -2.28. The molecule has 1 saturated heterocycles. The average Bonchev–Trinajstić information content (AvgIpc) is 3.25. The van der Waals surface area contributed by atoms with Gasteiger partial charge in [0.15, 0.2) is 5.66 Å². The molecule has 6 nitrogen and oxygen atoms in total. The van der Waals surface area contributed by atoms with Crippen LogP contribution >= 0.6 is 0 Å². The minimum atomic E-state index is -0.325. The van der Waals surface area contributed by atoms with Gasteiger partial charge in [-0.25, -0.2) is 0 Å². The highest BCUT2D eigenvalue weighted by Gasteiger charge is 2.38. The summed E-state index contributed by atoms with van der Waals surface area (Å²) >= 11 is 0. The number of amides is 1. The lowest BCUT2D eigenvalue weighted by molar-refractivity contribution is -0.128. The highest BCUT2D eigenvalue weighted by atomic mass is 16.5. The molecule has 1 amide bonds. The van der Waals surface area contributed by atoms with Gasteiger partial charge in [0.05, 0.1) is 6.10 Å². The Morgan fingerprint density at radius 3 is 2.76 bits per heavy atom. The molecular formula is C15H24N4O2. The zero-order valence-corrected chi connectivity index (χ0v) is 12.7. The van der Waals surface area contributed by atoms with E-state index in [-0.39, 0.29) is 24.3 Å². The SMILES string of the molecule is C#CCCC1(CCNC(=O)COC2CCN(C)CC2)N=N1. The first-order valence-corrected chi connectivity index (χ1v) is 7.58. The number of rotatable bonds is 8. The van der Waals surface area contributed by atoms with Crippen molar-refractivity contribution in [3.63, 3.8) is 0 Å². The van der Waals surface area contributed by atoms with Crippen LogP contribution in [0.2, 0.25) is 0 Å². The Kier molecular flexibility index (Phi) is 5.71. The molecule has 6 heteroatoms. The molecule has 0 aromatic heterocycles. The number of hydrogen-bond acceptors (Lipinski definition) is 5. The molecule has 1 N–H and O–H groups in total. The van der Waals surface area contributed by atoms with E-state index in [1.807, 2.05) is 0 Å². The van der Waals surface area contributed by atoms with Crippen molar-refractivity contribution < 1.29 is 9.53 Å². The number of piperidine rings is 1. The molecule has 21 heavy (non-hydrogen) atoms. The molecule has 0 bridgehead atoms. The maximum absolute atomic E-state index is 11.7. The van der Waals surface area contributed by atoms with Crippen LogP contribution in [0.25, 0.3) is 0 Å². The van der Waals surface area contributed by atoms with E-state index in [2.05, 4.69) is 33.4 Å². The lowest BCUT2D eigenvalue weighted by atomic mass is 10.0. The first-order valence-electron chi connectivity index (χ1n) is 7.58. The summed E-state index contributed by atoms with van der Waals surface area (Å²) in [6, 6.07) is 0. The molecule has 0 unspecified atom stereocenters. The van der Waals surface area contributed by atoms with Gasteiger partial charge in [-0.2, -0.15) is 10.2 Å². The summed E-state index contributed by atoms with van der Waals surface area (Å²) in [6.45, 7) is 2.77. The Labute approximate surface area is 126 Å². The predicted molar refractivity (Wildman–Crippen MR) is 79.8 cm³/mol. The summed E-state index contributed by atoms with van der Waals surface area (Å²) in [7, 11) is 2.10. The third-order valence-corrected chi connectivity index (χ3v) is 4.02. The van der Waals surface area contributed by atoms with Gasteiger partial charge in [-0.15, -0.1) is 12.3 Å². The largest absolute Gasteiger partial charge is 0.368 e. The van der Waals surface area contributed by atoms with E-state index in [4.69, 9.17) is 11.2 Å². The van der Waals surface area contributed by atoms with Crippen LogP contribution in [0.5, 0.6) is 0 Å². The summed E-state index contributed by atoms with van der Waals surface area (Å²) < 4.78 is 5.64. The minimum absolute atomic E-state index is 0.0679. The summed E-state index contributed by atoms with van der Waals surface area (Å²) in [5.41, 5.74) is -0.325. The van der Waals surface area contributed by atoms with E-state index in [1.54, 1.807) is 0 Å². The fourth-order valence-electron chi connectivity index (χ4n) is 2.47. The Morgan fingerprint density at radius 1 is 1.43 bits per heavy atom. The van der Waals surface area contributed by atoms with Crippen LogP contribution in [0.15, 0.2) is 10.2 Å². The normalized spacial score (nSPS) is 21.0. The van der Waals surface area contributed by atoms with Crippen LogP contribution in [-0.4, -0.2) is 55.9 Å². The van der Waals surface area contributed by atoms with Gasteiger partial charge in [-0.3, -0.25) is 4.79 Å². The van der Waals surface area contributed by atoms with Gasteiger partial charge in [-0.05, 0) is 19.9 Å². The quantitative estimate of drug-likeness (QED) is 0.683. The smallest absolute Gasteiger partial charge is 0.246 e. The number of terminal acetylenes is 1. The monoisotopic (exact) mass is 292 g/mol. The maximum atomic E-state index is 11.7. The number of carbonyl (C=O) groups is 1. The molecule has 0 aliphatic carbocycles. The summed E-state index contributed by atoms with van der Waals surface area (Å²) in [5.74, 6) is 2.52. The number of nitrogens with zero attached hydrogens (tertiary/aromatic N) is 3. The van der Waals surface area contributed by atoms with Crippen LogP contribution in [0.4, 0.5) is 0 Å². The van der Waals surface area contributed by atoms with Gasteiger partial charge in [-0.1, -0.05) is 0 Å². The second kappa shape index (κ2) is 7.53. The first-order chi connectivity index (χ1) is 10.1. The van der Waals surface area contributed by atoms with Crippen molar-refractivity contribution in [2.45, 2.75) is 43.9 Å². The first kappa shape index (κ1) is 15.9. The van der Waals surface area contributed by atoms with Gasteiger partial charge >= 0.3 is 0 Å². The van der Waals surface area contributed by atoms with E-state index in [0.717, 1.165) is 32.4 Å². The highest BCUT2D eigenvalue weighted by Crippen LogP contribution is 2.35. The molecule has 1 fully saturated rings. The third kappa shape index (κ3) is 5.44. The molecule has 2 heterocycles. The molecule has 0 radical (unpaired) electrons. The second-order valence-corrected chi connectivity index (χ2v) is 5.80. The molecule has 2 aliphatic rings. The van der Waals surface area contributed by atoms with E-state index in [1.165, 1.54) is 0 Å². The van der Waals surface area contributed by atoms with Gasteiger partial charge in [0.2, 0.25) is 5.91 Å². The van der Waals surface area contributed by atoms with Crippen LogP contribution in [0.3, 0.4) is 0 Å². The second-order valence-electron chi connectivity index (χ2n) is 5.80. The van der Waals surface area contributed by atoms with Crippen LogP contribution in [0.1, 0.15) is 32.1 Å². The van der Waals surface area contributed by atoms with Crippen molar-refractivity contribution in [1.82, 2.24) is 10.2 Å². The Bertz CT molecular complexity index is 416. The lowest BCUT2D eigenvalue weighted by Crippen LogP contribution is -2.37. The van der Waals surface area contributed by atoms with E-state index >= 15 is 0 Å².